The standard InChI is InChI=1S/C13H15BrN2O3/c1-16-12(18)6-10(13(16)19)15-7-11(17)8-3-2-4-9(14)5-8/h2-5,10-11,15,17H,6-7H2,1H3. The van der Waals surface area contributed by atoms with Crippen molar-refractivity contribution in [3.8, 4) is 0 Å². The Balaban J connectivity index is 1.93. The molecule has 2 N–H and O–H groups in total. The number of nitrogens with zero attached hydrogens (tertiary/aromatic N) is 1. The van der Waals surface area contributed by atoms with Gasteiger partial charge < -0.3 is 10.4 Å². The lowest BCUT2D eigenvalue weighted by Crippen LogP contribution is -2.39. The van der Waals surface area contributed by atoms with E-state index in [2.05, 4.69) is 21.2 Å². The van der Waals surface area contributed by atoms with E-state index in [1.165, 1.54) is 7.05 Å². The molecule has 2 atom stereocenters. The van der Waals surface area contributed by atoms with Crippen molar-refractivity contribution in [1.82, 2.24) is 10.2 Å². The van der Waals surface area contributed by atoms with Gasteiger partial charge in [0.15, 0.2) is 0 Å². The predicted molar refractivity (Wildman–Crippen MR) is 73.3 cm³/mol. The lowest BCUT2D eigenvalue weighted by Gasteiger charge is -2.15. The van der Waals surface area contributed by atoms with E-state index in [-0.39, 0.29) is 24.8 Å². The van der Waals surface area contributed by atoms with Gasteiger partial charge in [-0.3, -0.25) is 14.5 Å². The van der Waals surface area contributed by atoms with E-state index in [0.29, 0.717) is 0 Å². The maximum atomic E-state index is 11.7. The van der Waals surface area contributed by atoms with Crippen molar-refractivity contribution >= 4 is 27.7 Å². The number of nitrogens with one attached hydrogen (secondary N) is 1. The maximum Gasteiger partial charge on any atom is 0.246 e. The fourth-order valence-corrected chi connectivity index (χ4v) is 2.42. The van der Waals surface area contributed by atoms with Gasteiger partial charge in [-0.05, 0) is 17.7 Å². The Bertz CT molecular complexity index is 506. The molecule has 1 aliphatic rings. The Morgan fingerprint density at radius 3 is 2.84 bits per heavy atom. The van der Waals surface area contributed by atoms with Crippen LogP contribution in [-0.4, -0.2) is 41.5 Å². The van der Waals surface area contributed by atoms with Gasteiger partial charge in [0.25, 0.3) is 0 Å². The summed E-state index contributed by atoms with van der Waals surface area (Å²) in [5.74, 6) is -0.439. The SMILES string of the molecule is CN1C(=O)CC(NCC(O)c2cccc(Br)c2)C1=O. The number of hydrogen-bond acceptors (Lipinski definition) is 4. The second-order valence-electron chi connectivity index (χ2n) is 4.53. The molecule has 6 heteroatoms. The van der Waals surface area contributed by atoms with Crippen molar-refractivity contribution in [1.29, 1.82) is 0 Å². The van der Waals surface area contributed by atoms with Gasteiger partial charge in [-0.15, -0.1) is 0 Å². The second kappa shape index (κ2) is 5.81. The smallest absolute Gasteiger partial charge is 0.246 e. The lowest BCUT2D eigenvalue weighted by molar-refractivity contribution is -0.137. The zero-order valence-corrected chi connectivity index (χ0v) is 12.1. The number of rotatable bonds is 4. The number of imide groups is 1. The molecule has 1 fully saturated rings. The second-order valence-corrected chi connectivity index (χ2v) is 5.44. The summed E-state index contributed by atoms with van der Waals surface area (Å²) in [5.41, 5.74) is 0.756. The first-order chi connectivity index (χ1) is 8.99. The van der Waals surface area contributed by atoms with E-state index in [9.17, 15) is 14.7 Å². The van der Waals surface area contributed by atoms with Crippen molar-refractivity contribution in [2.45, 2.75) is 18.6 Å². The van der Waals surface area contributed by atoms with E-state index in [1.54, 1.807) is 0 Å². The first-order valence-corrected chi connectivity index (χ1v) is 6.75. The lowest BCUT2D eigenvalue weighted by atomic mass is 10.1. The van der Waals surface area contributed by atoms with Gasteiger partial charge in [0.1, 0.15) is 0 Å². The highest BCUT2D eigenvalue weighted by Crippen LogP contribution is 2.18. The highest BCUT2D eigenvalue weighted by molar-refractivity contribution is 9.10. The number of likely N-dealkylation sites (tertiary alicyclic amines) is 1. The highest BCUT2D eigenvalue weighted by Gasteiger charge is 2.35. The molecule has 0 spiro atoms. The number of carbonyl (C=O) groups is 2. The van der Waals surface area contributed by atoms with Crippen molar-refractivity contribution in [2.75, 3.05) is 13.6 Å². The largest absolute Gasteiger partial charge is 0.387 e. The number of amides is 2. The molecule has 2 amide bonds. The summed E-state index contributed by atoms with van der Waals surface area (Å²) < 4.78 is 0.885. The fourth-order valence-electron chi connectivity index (χ4n) is 2.00. The molecule has 0 saturated carbocycles. The Kier molecular flexibility index (Phi) is 4.34. The minimum Gasteiger partial charge on any atom is -0.387 e. The molecule has 5 nitrogen and oxygen atoms in total. The van der Waals surface area contributed by atoms with Crippen LogP contribution in [-0.2, 0) is 9.59 Å². The van der Waals surface area contributed by atoms with Crippen LogP contribution >= 0.6 is 15.9 Å². The van der Waals surface area contributed by atoms with Crippen LogP contribution in [0.4, 0.5) is 0 Å². The van der Waals surface area contributed by atoms with Gasteiger partial charge in [0.05, 0.1) is 18.6 Å². The number of likely N-dealkylation sites (N-methyl/N-ethyl adjacent to an activating group) is 1. The molecule has 19 heavy (non-hydrogen) atoms. The molecule has 1 heterocycles. The summed E-state index contributed by atoms with van der Waals surface area (Å²) in [4.78, 5) is 24.1. The van der Waals surface area contributed by atoms with Gasteiger partial charge in [-0.25, -0.2) is 0 Å². The number of aliphatic hydroxyl groups is 1. The number of halogens is 1. The molecule has 0 bridgehead atoms. The third-order valence-electron chi connectivity index (χ3n) is 3.17. The highest BCUT2D eigenvalue weighted by atomic mass is 79.9. The van der Waals surface area contributed by atoms with Crippen LogP contribution in [0.25, 0.3) is 0 Å². The molecule has 1 saturated heterocycles. The number of carbonyl (C=O) groups excluding carboxylic acids is 2. The average molecular weight is 327 g/mol. The van der Waals surface area contributed by atoms with E-state index >= 15 is 0 Å². The topological polar surface area (TPSA) is 69.6 Å². The van der Waals surface area contributed by atoms with Crippen molar-refractivity contribution < 1.29 is 14.7 Å². The molecule has 0 aromatic heterocycles. The number of hydrogen-bond donors (Lipinski definition) is 2. The summed E-state index contributed by atoms with van der Waals surface area (Å²) in [6, 6.07) is 6.81. The Hall–Kier alpha value is -1.24. The molecular formula is C13H15BrN2O3. The zero-order valence-electron chi connectivity index (χ0n) is 10.5. The van der Waals surface area contributed by atoms with E-state index in [4.69, 9.17) is 0 Å². The van der Waals surface area contributed by atoms with Gasteiger partial charge in [-0.1, -0.05) is 28.1 Å². The fraction of sp³-hybridized carbons (Fsp3) is 0.385. The first-order valence-electron chi connectivity index (χ1n) is 5.96. The van der Waals surface area contributed by atoms with Crippen LogP contribution in [0.1, 0.15) is 18.1 Å². The van der Waals surface area contributed by atoms with Crippen LogP contribution < -0.4 is 5.32 Å². The Labute approximate surface area is 119 Å². The summed E-state index contributed by atoms with van der Waals surface area (Å²) in [6.45, 7) is 0.230. The average Bonchev–Trinajstić information content (AvgIpc) is 2.63. The van der Waals surface area contributed by atoms with E-state index in [0.717, 1.165) is 14.9 Å². The van der Waals surface area contributed by atoms with Crippen molar-refractivity contribution in [3.05, 3.63) is 34.3 Å². The quantitative estimate of drug-likeness (QED) is 0.804. The third kappa shape index (κ3) is 3.20. The molecule has 2 rings (SSSR count). The Morgan fingerprint density at radius 2 is 2.26 bits per heavy atom. The normalized spacial score (nSPS) is 21.0. The van der Waals surface area contributed by atoms with Crippen LogP contribution in [0.2, 0.25) is 0 Å². The molecule has 0 aliphatic carbocycles. The summed E-state index contributed by atoms with van der Waals surface area (Å²) in [7, 11) is 1.47. The van der Waals surface area contributed by atoms with Gasteiger partial charge in [0.2, 0.25) is 11.8 Å². The summed E-state index contributed by atoms with van der Waals surface area (Å²) >= 11 is 3.34. The van der Waals surface area contributed by atoms with Crippen LogP contribution in [0, 0.1) is 0 Å². The number of aliphatic hydroxyl groups excluding tert-OH is 1. The van der Waals surface area contributed by atoms with Crippen molar-refractivity contribution in [2.24, 2.45) is 0 Å². The molecule has 1 aromatic rings. The molecular weight excluding hydrogens is 312 g/mol. The summed E-state index contributed by atoms with van der Waals surface area (Å²) in [6.07, 6.45) is -0.563. The predicted octanol–water partition coefficient (Wildman–Crippen LogP) is 0.829. The molecule has 102 valence electrons. The maximum absolute atomic E-state index is 11.7. The van der Waals surface area contributed by atoms with E-state index in [1.807, 2.05) is 24.3 Å². The summed E-state index contributed by atoms with van der Waals surface area (Å²) in [5, 5.41) is 13.0. The van der Waals surface area contributed by atoms with Crippen LogP contribution in [0.15, 0.2) is 28.7 Å². The van der Waals surface area contributed by atoms with Crippen LogP contribution in [0.3, 0.4) is 0 Å². The first kappa shape index (κ1) is 14.2. The van der Waals surface area contributed by atoms with Crippen molar-refractivity contribution in [3.63, 3.8) is 0 Å². The van der Waals surface area contributed by atoms with Gasteiger partial charge in [-0.2, -0.15) is 0 Å². The zero-order chi connectivity index (χ0) is 14.0. The molecule has 1 aliphatic heterocycles. The van der Waals surface area contributed by atoms with Crippen LogP contribution in [0.5, 0.6) is 0 Å². The Morgan fingerprint density at radius 1 is 1.53 bits per heavy atom. The molecule has 0 radical (unpaired) electrons. The molecule has 1 aromatic carbocycles. The third-order valence-corrected chi connectivity index (χ3v) is 3.67. The van der Waals surface area contributed by atoms with E-state index < -0.39 is 12.1 Å². The minimum absolute atomic E-state index is 0.153. The number of benzene rings is 1. The van der Waals surface area contributed by atoms with Gasteiger partial charge in [0, 0.05) is 18.1 Å². The van der Waals surface area contributed by atoms with Gasteiger partial charge >= 0.3 is 0 Å². The monoisotopic (exact) mass is 326 g/mol. The molecule has 2 unspecified atom stereocenters. The minimum atomic E-state index is -0.716.